The molecule has 104 valence electrons. The number of sulfonamides is 1. The van der Waals surface area contributed by atoms with Gasteiger partial charge in [-0.1, -0.05) is 13.8 Å². The molecule has 0 saturated heterocycles. The van der Waals surface area contributed by atoms with Crippen molar-refractivity contribution in [3.05, 3.63) is 16.5 Å². The fraction of sp³-hybridized carbons (Fsp3) is 0.636. The van der Waals surface area contributed by atoms with Crippen molar-refractivity contribution in [2.45, 2.75) is 31.7 Å². The third-order valence-corrected chi connectivity index (χ3v) is 4.68. The predicted octanol–water partition coefficient (Wildman–Crippen LogP) is 2.09. The summed E-state index contributed by atoms with van der Waals surface area (Å²) in [6.45, 7) is 5.01. The fourth-order valence-electron chi connectivity index (χ4n) is 1.40. The van der Waals surface area contributed by atoms with E-state index >= 15 is 0 Å². The molecule has 0 bridgehead atoms. The third-order valence-electron chi connectivity index (χ3n) is 2.36. The van der Waals surface area contributed by atoms with Gasteiger partial charge >= 0.3 is 0 Å². The van der Waals surface area contributed by atoms with Gasteiger partial charge < -0.3 is 9.73 Å². The molecule has 0 fully saturated rings. The zero-order valence-corrected chi connectivity index (χ0v) is 13.2. The Hall–Kier alpha value is -0.370. The topological polar surface area (TPSA) is 71.3 Å². The molecule has 0 aliphatic carbocycles. The summed E-state index contributed by atoms with van der Waals surface area (Å²) in [5.41, 5.74) is 0. The van der Waals surface area contributed by atoms with E-state index in [0.717, 1.165) is 6.42 Å². The highest BCUT2D eigenvalue weighted by molar-refractivity contribution is 9.10. The molecule has 1 heterocycles. The average molecular weight is 339 g/mol. The van der Waals surface area contributed by atoms with Gasteiger partial charge in [0.2, 0.25) is 10.0 Å². The van der Waals surface area contributed by atoms with E-state index in [1.165, 1.54) is 6.07 Å². The molecule has 0 aliphatic rings. The first-order chi connectivity index (χ1) is 8.36. The zero-order valence-electron chi connectivity index (χ0n) is 10.8. The quantitative estimate of drug-likeness (QED) is 0.798. The van der Waals surface area contributed by atoms with E-state index in [1.54, 1.807) is 7.05 Å². The Balaban J connectivity index is 2.78. The Morgan fingerprint density at radius 1 is 1.44 bits per heavy atom. The smallest absolute Gasteiger partial charge is 0.244 e. The van der Waals surface area contributed by atoms with Gasteiger partial charge in [-0.25, -0.2) is 13.1 Å². The molecule has 7 heteroatoms. The second kappa shape index (κ2) is 6.70. The van der Waals surface area contributed by atoms with Crippen LogP contribution in [0.5, 0.6) is 0 Å². The lowest BCUT2D eigenvalue weighted by Crippen LogP contribution is -2.25. The van der Waals surface area contributed by atoms with Crippen LogP contribution in [0.2, 0.25) is 0 Å². The summed E-state index contributed by atoms with van der Waals surface area (Å²) in [6.07, 6.45) is 0.804. The molecule has 2 N–H and O–H groups in total. The minimum absolute atomic E-state index is 0.150. The van der Waals surface area contributed by atoms with Crippen molar-refractivity contribution in [2.75, 3.05) is 13.6 Å². The minimum atomic E-state index is -3.50. The lowest BCUT2D eigenvalue weighted by Gasteiger charge is -2.06. The van der Waals surface area contributed by atoms with Crippen molar-refractivity contribution >= 4 is 26.0 Å². The lowest BCUT2D eigenvalue weighted by molar-refractivity contribution is 0.470. The van der Waals surface area contributed by atoms with Gasteiger partial charge in [0.15, 0.2) is 4.67 Å². The van der Waals surface area contributed by atoms with Crippen LogP contribution in [-0.2, 0) is 16.6 Å². The Morgan fingerprint density at radius 3 is 2.67 bits per heavy atom. The van der Waals surface area contributed by atoms with Crippen LogP contribution in [0, 0.1) is 5.92 Å². The van der Waals surface area contributed by atoms with Crippen LogP contribution in [-0.4, -0.2) is 22.0 Å². The largest absolute Gasteiger partial charge is 0.452 e. The van der Waals surface area contributed by atoms with Crippen LogP contribution in [0.4, 0.5) is 0 Å². The lowest BCUT2D eigenvalue weighted by atomic mass is 10.1. The number of halogens is 1. The van der Waals surface area contributed by atoms with Crippen LogP contribution in [0.3, 0.4) is 0 Å². The van der Waals surface area contributed by atoms with E-state index < -0.39 is 10.0 Å². The summed E-state index contributed by atoms with van der Waals surface area (Å²) in [4.78, 5) is 0.150. The first-order valence-electron chi connectivity index (χ1n) is 5.79. The molecule has 18 heavy (non-hydrogen) atoms. The molecule has 5 nitrogen and oxygen atoms in total. The number of hydrogen-bond donors (Lipinski definition) is 2. The van der Waals surface area contributed by atoms with Crippen LogP contribution >= 0.6 is 15.9 Å². The Kier molecular flexibility index (Phi) is 5.84. The first-order valence-corrected chi connectivity index (χ1v) is 8.07. The molecular weight excluding hydrogens is 320 g/mol. The summed E-state index contributed by atoms with van der Waals surface area (Å²) >= 11 is 3.13. The molecule has 0 radical (unpaired) electrons. The highest BCUT2D eigenvalue weighted by Crippen LogP contribution is 2.25. The predicted molar refractivity (Wildman–Crippen MR) is 73.8 cm³/mol. The van der Waals surface area contributed by atoms with Crippen LogP contribution in [0.15, 0.2) is 20.0 Å². The number of rotatable bonds is 7. The van der Waals surface area contributed by atoms with E-state index in [1.807, 2.05) is 13.8 Å². The van der Waals surface area contributed by atoms with Crippen molar-refractivity contribution in [2.24, 2.45) is 5.92 Å². The van der Waals surface area contributed by atoms with E-state index in [9.17, 15) is 8.42 Å². The highest BCUT2D eigenvalue weighted by atomic mass is 79.9. The van der Waals surface area contributed by atoms with Gasteiger partial charge in [-0.3, -0.25) is 0 Å². The molecule has 0 aromatic carbocycles. The van der Waals surface area contributed by atoms with Gasteiger partial charge in [-0.05, 0) is 35.3 Å². The van der Waals surface area contributed by atoms with Gasteiger partial charge in [-0.2, -0.15) is 0 Å². The van der Waals surface area contributed by atoms with Gasteiger partial charge in [0.1, 0.15) is 10.7 Å². The van der Waals surface area contributed by atoms with Gasteiger partial charge in [0, 0.05) is 12.6 Å². The number of furan rings is 1. The zero-order chi connectivity index (χ0) is 13.8. The fourth-order valence-corrected chi connectivity index (χ4v) is 3.45. The standard InChI is InChI=1S/C11H19BrN2O3S/c1-8(2)4-5-14-18(15,16)10-6-9(7-13-3)17-11(10)12/h6,8,13-14H,4-5,7H2,1-3H3. The SMILES string of the molecule is CNCc1cc(S(=O)(=O)NCCC(C)C)c(Br)o1. The number of hydrogen-bond acceptors (Lipinski definition) is 4. The first kappa shape index (κ1) is 15.7. The second-order valence-corrected chi connectivity index (χ2v) is 6.92. The van der Waals surface area contributed by atoms with Crippen LogP contribution in [0.1, 0.15) is 26.0 Å². The van der Waals surface area contributed by atoms with Crippen LogP contribution < -0.4 is 10.0 Å². The van der Waals surface area contributed by atoms with Crippen molar-refractivity contribution in [3.63, 3.8) is 0 Å². The maximum atomic E-state index is 12.0. The van der Waals surface area contributed by atoms with E-state index in [2.05, 4.69) is 26.0 Å². The monoisotopic (exact) mass is 338 g/mol. The van der Waals surface area contributed by atoms with E-state index in [-0.39, 0.29) is 9.56 Å². The van der Waals surface area contributed by atoms with E-state index in [4.69, 9.17) is 4.42 Å². The summed E-state index contributed by atoms with van der Waals surface area (Å²) in [5, 5.41) is 2.90. The third kappa shape index (κ3) is 4.38. The van der Waals surface area contributed by atoms with Crippen LogP contribution in [0.25, 0.3) is 0 Å². The van der Waals surface area contributed by atoms with E-state index in [0.29, 0.717) is 24.8 Å². The molecule has 0 aliphatic heterocycles. The maximum Gasteiger partial charge on any atom is 0.244 e. The Morgan fingerprint density at radius 2 is 2.11 bits per heavy atom. The molecular formula is C11H19BrN2O3S. The molecule has 1 aromatic rings. The molecule has 0 amide bonds. The van der Waals surface area contributed by atoms with Crippen molar-refractivity contribution in [3.8, 4) is 0 Å². The molecule has 0 atom stereocenters. The van der Waals surface area contributed by atoms with Gasteiger partial charge in [0.05, 0.1) is 6.54 Å². The van der Waals surface area contributed by atoms with Gasteiger partial charge in [-0.15, -0.1) is 0 Å². The normalized spacial score (nSPS) is 12.3. The summed E-state index contributed by atoms with van der Waals surface area (Å²) in [5.74, 6) is 1.04. The number of nitrogens with one attached hydrogen (secondary N) is 2. The Labute approximate surface area is 117 Å². The molecule has 0 spiro atoms. The summed E-state index contributed by atoms with van der Waals surface area (Å²) < 4.78 is 32.2. The minimum Gasteiger partial charge on any atom is -0.452 e. The summed E-state index contributed by atoms with van der Waals surface area (Å²) in [7, 11) is -1.73. The summed E-state index contributed by atoms with van der Waals surface area (Å²) in [6, 6.07) is 1.53. The molecule has 0 saturated carbocycles. The highest BCUT2D eigenvalue weighted by Gasteiger charge is 2.21. The van der Waals surface area contributed by atoms with Crippen molar-refractivity contribution in [1.29, 1.82) is 0 Å². The van der Waals surface area contributed by atoms with Crippen molar-refractivity contribution in [1.82, 2.24) is 10.0 Å². The molecule has 1 rings (SSSR count). The van der Waals surface area contributed by atoms with Crippen molar-refractivity contribution < 1.29 is 12.8 Å². The second-order valence-electron chi connectivity index (χ2n) is 4.46. The molecule has 0 unspecified atom stereocenters. The molecule has 1 aromatic heterocycles. The maximum absolute atomic E-state index is 12.0. The average Bonchev–Trinajstić information content (AvgIpc) is 2.60. The Bertz CT molecular complexity index is 482. The van der Waals surface area contributed by atoms with Gasteiger partial charge in [0.25, 0.3) is 0 Å².